The largest absolute Gasteiger partial charge is 0.274 e. The molecule has 3 aromatic rings. The van der Waals surface area contributed by atoms with Crippen molar-refractivity contribution in [3.63, 3.8) is 0 Å². The van der Waals surface area contributed by atoms with Crippen molar-refractivity contribution in [3.8, 4) is 5.69 Å². The molecule has 0 saturated carbocycles. The second-order valence-electron chi connectivity index (χ2n) is 5.42. The van der Waals surface area contributed by atoms with Gasteiger partial charge in [-0.05, 0) is 38.3 Å². The number of thiazole rings is 1. The Hall–Kier alpha value is -1.66. The average Bonchev–Trinajstić information content (AvgIpc) is 3.13. The van der Waals surface area contributed by atoms with Crippen LogP contribution in [-0.2, 0) is 12.2 Å². The molecule has 0 aliphatic heterocycles. The molecular weight excluding hydrogens is 324 g/mol. The fourth-order valence-electron chi connectivity index (χ4n) is 2.41. The maximum atomic E-state index is 4.68. The van der Waals surface area contributed by atoms with Crippen molar-refractivity contribution >= 4 is 23.1 Å². The van der Waals surface area contributed by atoms with Gasteiger partial charge in [-0.15, -0.1) is 21.5 Å². The Morgan fingerprint density at radius 1 is 1.17 bits per heavy atom. The first kappa shape index (κ1) is 16.2. The van der Waals surface area contributed by atoms with Crippen LogP contribution in [0.1, 0.15) is 35.4 Å². The highest BCUT2D eigenvalue weighted by atomic mass is 32.2. The summed E-state index contributed by atoms with van der Waals surface area (Å²) in [6.07, 6.45) is 2.20. The Morgan fingerprint density at radius 2 is 2.00 bits per heavy atom. The monoisotopic (exact) mass is 344 g/mol. The van der Waals surface area contributed by atoms with Gasteiger partial charge in [-0.1, -0.05) is 36.9 Å². The van der Waals surface area contributed by atoms with Crippen molar-refractivity contribution in [2.45, 2.75) is 44.5 Å². The zero-order valence-corrected chi connectivity index (χ0v) is 15.2. The summed E-state index contributed by atoms with van der Waals surface area (Å²) in [5, 5.41) is 12.9. The van der Waals surface area contributed by atoms with E-state index in [0.29, 0.717) is 0 Å². The molecule has 23 heavy (non-hydrogen) atoms. The predicted molar refractivity (Wildman–Crippen MR) is 96.5 cm³/mol. The SMILES string of the molecule is CCCc1nc(CSc2nnc(C)n2-c2ccccc2C)cs1. The Bertz CT molecular complexity index is 791. The van der Waals surface area contributed by atoms with Crippen LogP contribution in [0.5, 0.6) is 0 Å². The molecule has 120 valence electrons. The van der Waals surface area contributed by atoms with Crippen LogP contribution in [0, 0.1) is 13.8 Å². The number of nitrogens with zero attached hydrogens (tertiary/aromatic N) is 4. The molecule has 4 nitrogen and oxygen atoms in total. The van der Waals surface area contributed by atoms with Gasteiger partial charge in [0.2, 0.25) is 0 Å². The van der Waals surface area contributed by atoms with Crippen molar-refractivity contribution in [2.75, 3.05) is 0 Å². The number of aryl methyl sites for hydroxylation is 3. The molecule has 0 bridgehead atoms. The van der Waals surface area contributed by atoms with Gasteiger partial charge in [0.15, 0.2) is 5.16 Å². The summed E-state index contributed by atoms with van der Waals surface area (Å²) in [4.78, 5) is 4.68. The molecule has 0 N–H and O–H groups in total. The smallest absolute Gasteiger partial charge is 0.196 e. The van der Waals surface area contributed by atoms with E-state index in [4.69, 9.17) is 0 Å². The van der Waals surface area contributed by atoms with Crippen molar-refractivity contribution in [1.29, 1.82) is 0 Å². The Morgan fingerprint density at radius 3 is 2.78 bits per heavy atom. The summed E-state index contributed by atoms with van der Waals surface area (Å²) in [5.41, 5.74) is 3.49. The van der Waals surface area contributed by atoms with Crippen LogP contribution in [-0.4, -0.2) is 19.7 Å². The van der Waals surface area contributed by atoms with E-state index in [1.54, 1.807) is 23.1 Å². The third kappa shape index (κ3) is 3.64. The minimum absolute atomic E-state index is 0.824. The maximum Gasteiger partial charge on any atom is 0.196 e. The molecule has 0 unspecified atom stereocenters. The third-order valence-electron chi connectivity index (χ3n) is 3.56. The summed E-state index contributed by atoms with van der Waals surface area (Å²) >= 11 is 3.44. The third-order valence-corrected chi connectivity index (χ3v) is 5.48. The lowest BCUT2D eigenvalue weighted by molar-refractivity contribution is 0.860. The standard InChI is InChI=1S/C17H20N4S2/c1-4-7-16-18-14(10-22-16)11-23-17-20-19-13(3)21(17)15-9-6-5-8-12(15)2/h5-6,8-10H,4,7,11H2,1-3H3. The number of thioether (sulfide) groups is 1. The van der Waals surface area contributed by atoms with Gasteiger partial charge in [0.25, 0.3) is 0 Å². The molecule has 0 atom stereocenters. The molecule has 0 amide bonds. The number of para-hydroxylation sites is 1. The summed E-state index contributed by atoms with van der Waals surface area (Å²) in [7, 11) is 0. The van der Waals surface area contributed by atoms with Crippen LogP contribution in [0.15, 0.2) is 34.8 Å². The lowest BCUT2D eigenvalue weighted by Crippen LogP contribution is -2.01. The first-order valence-electron chi connectivity index (χ1n) is 7.73. The zero-order chi connectivity index (χ0) is 16.2. The molecule has 6 heteroatoms. The first-order valence-corrected chi connectivity index (χ1v) is 9.59. The van der Waals surface area contributed by atoms with E-state index in [2.05, 4.69) is 57.2 Å². The van der Waals surface area contributed by atoms with E-state index in [0.717, 1.165) is 41.0 Å². The lowest BCUT2D eigenvalue weighted by Gasteiger charge is -2.10. The number of hydrogen-bond donors (Lipinski definition) is 0. The maximum absolute atomic E-state index is 4.68. The van der Waals surface area contributed by atoms with Gasteiger partial charge in [0.05, 0.1) is 16.4 Å². The van der Waals surface area contributed by atoms with Gasteiger partial charge in [0.1, 0.15) is 5.82 Å². The summed E-state index contributed by atoms with van der Waals surface area (Å²) in [5.74, 6) is 1.73. The Balaban J connectivity index is 1.80. The van der Waals surface area contributed by atoms with Crippen LogP contribution >= 0.6 is 23.1 Å². The van der Waals surface area contributed by atoms with E-state index in [-0.39, 0.29) is 0 Å². The van der Waals surface area contributed by atoms with E-state index < -0.39 is 0 Å². The second-order valence-corrected chi connectivity index (χ2v) is 7.31. The van der Waals surface area contributed by atoms with Crippen molar-refractivity contribution in [2.24, 2.45) is 0 Å². The lowest BCUT2D eigenvalue weighted by atomic mass is 10.2. The Labute approximate surface area is 145 Å². The zero-order valence-electron chi connectivity index (χ0n) is 13.6. The van der Waals surface area contributed by atoms with Crippen LogP contribution in [0.2, 0.25) is 0 Å². The minimum Gasteiger partial charge on any atom is -0.274 e. The van der Waals surface area contributed by atoms with E-state index >= 15 is 0 Å². The summed E-state index contributed by atoms with van der Waals surface area (Å²) in [6.45, 7) is 6.29. The first-order chi connectivity index (χ1) is 11.2. The van der Waals surface area contributed by atoms with Gasteiger partial charge in [-0.3, -0.25) is 4.57 Å². The summed E-state index contributed by atoms with van der Waals surface area (Å²) < 4.78 is 2.12. The average molecular weight is 345 g/mol. The fraction of sp³-hybridized carbons (Fsp3) is 0.353. The van der Waals surface area contributed by atoms with Gasteiger partial charge < -0.3 is 0 Å². The van der Waals surface area contributed by atoms with Crippen molar-refractivity contribution < 1.29 is 0 Å². The van der Waals surface area contributed by atoms with Gasteiger partial charge in [0, 0.05) is 11.1 Å². The van der Waals surface area contributed by atoms with Crippen LogP contribution in [0.3, 0.4) is 0 Å². The molecule has 0 saturated heterocycles. The predicted octanol–water partition coefficient (Wildman–Crippen LogP) is 4.59. The Kier molecular flexibility index (Phi) is 5.13. The van der Waals surface area contributed by atoms with Gasteiger partial charge in [-0.25, -0.2) is 4.98 Å². The summed E-state index contributed by atoms with van der Waals surface area (Å²) in [6, 6.07) is 8.32. The quantitative estimate of drug-likeness (QED) is 0.614. The van der Waals surface area contributed by atoms with Gasteiger partial charge in [-0.2, -0.15) is 0 Å². The highest BCUT2D eigenvalue weighted by molar-refractivity contribution is 7.98. The molecular formula is C17H20N4S2. The van der Waals surface area contributed by atoms with Crippen LogP contribution in [0.4, 0.5) is 0 Å². The normalized spacial score (nSPS) is 11.1. The van der Waals surface area contributed by atoms with Crippen LogP contribution in [0.25, 0.3) is 5.69 Å². The molecule has 0 fully saturated rings. The molecule has 1 aromatic carbocycles. The van der Waals surface area contributed by atoms with Crippen molar-refractivity contribution in [3.05, 3.63) is 51.7 Å². The topological polar surface area (TPSA) is 43.6 Å². The van der Waals surface area contributed by atoms with Crippen molar-refractivity contribution in [1.82, 2.24) is 19.7 Å². The van der Waals surface area contributed by atoms with E-state index in [1.807, 2.05) is 13.0 Å². The number of hydrogen-bond acceptors (Lipinski definition) is 5. The number of rotatable bonds is 6. The second kappa shape index (κ2) is 7.27. The number of aromatic nitrogens is 4. The minimum atomic E-state index is 0.824. The highest BCUT2D eigenvalue weighted by Gasteiger charge is 2.13. The molecule has 0 aliphatic rings. The van der Waals surface area contributed by atoms with Gasteiger partial charge >= 0.3 is 0 Å². The molecule has 2 heterocycles. The fourth-order valence-corrected chi connectivity index (χ4v) is 4.30. The van der Waals surface area contributed by atoms with E-state index in [1.165, 1.54) is 10.6 Å². The van der Waals surface area contributed by atoms with E-state index in [9.17, 15) is 0 Å². The molecule has 0 radical (unpaired) electrons. The highest BCUT2D eigenvalue weighted by Crippen LogP contribution is 2.27. The molecule has 3 rings (SSSR count). The molecule has 0 spiro atoms. The number of benzene rings is 1. The van der Waals surface area contributed by atoms with Crippen LogP contribution < -0.4 is 0 Å². The molecule has 2 aromatic heterocycles. The molecule has 0 aliphatic carbocycles.